The van der Waals surface area contributed by atoms with Gasteiger partial charge in [-0.1, -0.05) is 12.8 Å². The third kappa shape index (κ3) is 1.64. The molecule has 0 aromatic rings. The van der Waals surface area contributed by atoms with Crippen LogP contribution in [0.4, 0.5) is 0 Å². The van der Waals surface area contributed by atoms with E-state index < -0.39 is 11.9 Å². The van der Waals surface area contributed by atoms with Crippen molar-refractivity contribution in [3.05, 3.63) is 11.1 Å². The fraction of sp³-hybridized carbons (Fsp3) is 0.714. The summed E-state index contributed by atoms with van der Waals surface area (Å²) in [4.78, 5) is 23.8. The number of hydrogen-bond acceptors (Lipinski definition) is 5. The first-order valence-corrected chi connectivity index (χ1v) is 6.66. The van der Waals surface area contributed by atoms with Crippen LogP contribution in [-0.4, -0.2) is 37.4 Å². The van der Waals surface area contributed by atoms with Crippen molar-refractivity contribution >= 4 is 11.9 Å². The number of carbonyl (C=O) groups is 2. The minimum absolute atomic E-state index is 0.230. The lowest BCUT2D eigenvalue weighted by atomic mass is 9.69. The van der Waals surface area contributed by atoms with Crippen molar-refractivity contribution in [3.63, 3.8) is 0 Å². The van der Waals surface area contributed by atoms with Crippen LogP contribution in [0.25, 0.3) is 0 Å². The van der Waals surface area contributed by atoms with E-state index in [9.17, 15) is 9.59 Å². The van der Waals surface area contributed by atoms with Crippen molar-refractivity contribution in [2.75, 3.05) is 14.2 Å². The summed E-state index contributed by atoms with van der Waals surface area (Å²) in [6.45, 7) is 0. The van der Waals surface area contributed by atoms with E-state index in [1.54, 1.807) is 0 Å². The first kappa shape index (κ1) is 12.7. The van der Waals surface area contributed by atoms with Crippen molar-refractivity contribution in [1.82, 2.24) is 0 Å². The zero-order chi connectivity index (χ0) is 13.7. The quantitative estimate of drug-likeness (QED) is 0.560. The first-order valence-electron chi connectivity index (χ1n) is 6.66. The number of carbonyl (C=O) groups excluding carboxylic acids is 2. The molecule has 1 aliphatic heterocycles. The zero-order valence-corrected chi connectivity index (χ0v) is 11.3. The van der Waals surface area contributed by atoms with E-state index in [-0.39, 0.29) is 11.2 Å². The Morgan fingerprint density at radius 3 is 1.74 bits per heavy atom. The molecule has 2 aliphatic carbocycles. The average molecular weight is 266 g/mol. The Balaban J connectivity index is 1.98. The molecule has 0 spiro atoms. The van der Waals surface area contributed by atoms with Crippen molar-refractivity contribution in [2.24, 2.45) is 0 Å². The van der Waals surface area contributed by atoms with Gasteiger partial charge in [-0.3, -0.25) is 0 Å². The molecule has 0 radical (unpaired) electrons. The third-order valence-electron chi connectivity index (χ3n) is 4.74. The lowest BCUT2D eigenvalue weighted by molar-refractivity contribution is -0.140. The van der Waals surface area contributed by atoms with Gasteiger partial charge in [0.05, 0.1) is 25.4 Å². The summed E-state index contributed by atoms with van der Waals surface area (Å²) in [7, 11) is 2.66. The largest absolute Gasteiger partial charge is 0.466 e. The van der Waals surface area contributed by atoms with E-state index in [1.165, 1.54) is 14.2 Å². The molecule has 0 amide bonds. The number of rotatable bonds is 2. The lowest BCUT2D eigenvalue weighted by Crippen LogP contribution is -2.37. The molecular formula is C14H18O5. The molecule has 19 heavy (non-hydrogen) atoms. The summed E-state index contributed by atoms with van der Waals surface area (Å²) in [6, 6.07) is 0. The molecule has 2 atom stereocenters. The second-order valence-electron chi connectivity index (χ2n) is 5.59. The number of ether oxygens (including phenoxy) is 3. The number of esters is 2. The summed E-state index contributed by atoms with van der Waals surface area (Å²) < 4.78 is 15.6. The van der Waals surface area contributed by atoms with Crippen LogP contribution >= 0.6 is 0 Å². The van der Waals surface area contributed by atoms with Crippen molar-refractivity contribution in [3.8, 4) is 0 Å². The smallest absolute Gasteiger partial charge is 0.334 e. The van der Waals surface area contributed by atoms with Gasteiger partial charge in [0.25, 0.3) is 0 Å². The third-order valence-corrected chi connectivity index (χ3v) is 4.74. The minimum atomic E-state index is -0.440. The maximum absolute atomic E-state index is 11.9. The highest BCUT2D eigenvalue weighted by molar-refractivity contribution is 6.01. The van der Waals surface area contributed by atoms with Gasteiger partial charge < -0.3 is 14.2 Å². The second kappa shape index (κ2) is 4.07. The molecule has 2 unspecified atom stereocenters. The van der Waals surface area contributed by atoms with Gasteiger partial charge in [0.1, 0.15) is 11.2 Å². The topological polar surface area (TPSA) is 65.1 Å². The van der Waals surface area contributed by atoms with Crippen LogP contribution in [0.15, 0.2) is 11.1 Å². The molecule has 1 heterocycles. The van der Waals surface area contributed by atoms with E-state index in [0.717, 1.165) is 25.7 Å². The molecule has 2 fully saturated rings. The van der Waals surface area contributed by atoms with Crippen LogP contribution in [0.2, 0.25) is 0 Å². The molecule has 3 aliphatic rings. The SMILES string of the molecule is COC(=O)C1=C(C(=O)OC)CC23CCCCC2(C1)O3. The average Bonchev–Trinajstić information content (AvgIpc) is 3.12. The van der Waals surface area contributed by atoms with E-state index in [2.05, 4.69) is 0 Å². The van der Waals surface area contributed by atoms with E-state index >= 15 is 0 Å². The molecule has 0 aromatic heterocycles. The summed E-state index contributed by atoms with van der Waals surface area (Å²) in [5, 5.41) is 0. The highest BCUT2D eigenvalue weighted by Crippen LogP contribution is 2.65. The zero-order valence-electron chi connectivity index (χ0n) is 11.3. The fourth-order valence-electron chi connectivity index (χ4n) is 3.72. The van der Waals surface area contributed by atoms with Gasteiger partial charge >= 0.3 is 11.9 Å². The van der Waals surface area contributed by atoms with Crippen LogP contribution in [0, 0.1) is 0 Å². The Kier molecular flexibility index (Phi) is 2.71. The van der Waals surface area contributed by atoms with Gasteiger partial charge in [-0.25, -0.2) is 9.59 Å². The van der Waals surface area contributed by atoms with E-state index in [1.807, 2.05) is 0 Å². The van der Waals surface area contributed by atoms with Gasteiger partial charge in [0, 0.05) is 12.8 Å². The second-order valence-corrected chi connectivity index (χ2v) is 5.59. The lowest BCUT2D eigenvalue weighted by Gasteiger charge is -2.30. The van der Waals surface area contributed by atoms with Crippen LogP contribution < -0.4 is 0 Å². The Labute approximate surface area is 111 Å². The monoisotopic (exact) mass is 266 g/mol. The summed E-state index contributed by atoms with van der Waals surface area (Å²) in [6.07, 6.45) is 5.10. The molecule has 0 N–H and O–H groups in total. The first-order chi connectivity index (χ1) is 9.07. The molecule has 0 bridgehead atoms. The predicted octanol–water partition coefficient (Wildman–Crippen LogP) is 1.50. The Bertz CT molecular complexity index is 438. The van der Waals surface area contributed by atoms with E-state index in [4.69, 9.17) is 14.2 Å². The number of epoxide rings is 1. The Morgan fingerprint density at radius 1 is 0.947 bits per heavy atom. The summed E-state index contributed by atoms with van der Waals surface area (Å²) in [5.74, 6) is -0.881. The molecule has 5 nitrogen and oxygen atoms in total. The highest BCUT2D eigenvalue weighted by atomic mass is 16.6. The standard InChI is InChI=1S/C14H18O5/c1-17-11(15)9-7-13-5-3-4-6-14(13,19-13)8-10(9)12(16)18-2/h3-8H2,1-2H3. The predicted molar refractivity (Wildman–Crippen MR) is 65.3 cm³/mol. The van der Waals surface area contributed by atoms with Crippen molar-refractivity contribution in [1.29, 1.82) is 0 Å². The molecule has 104 valence electrons. The fourth-order valence-corrected chi connectivity index (χ4v) is 3.72. The number of hydrogen-bond donors (Lipinski definition) is 0. The van der Waals surface area contributed by atoms with Gasteiger partial charge in [-0.15, -0.1) is 0 Å². The minimum Gasteiger partial charge on any atom is -0.466 e. The molecular weight excluding hydrogens is 248 g/mol. The van der Waals surface area contributed by atoms with Gasteiger partial charge in [0.2, 0.25) is 0 Å². The van der Waals surface area contributed by atoms with Crippen LogP contribution in [0.3, 0.4) is 0 Å². The summed E-state index contributed by atoms with van der Waals surface area (Å²) in [5.41, 5.74) is 0.409. The maximum atomic E-state index is 11.9. The van der Waals surface area contributed by atoms with Gasteiger partial charge in [-0.2, -0.15) is 0 Å². The Hall–Kier alpha value is -1.36. The Morgan fingerprint density at radius 2 is 1.37 bits per heavy atom. The van der Waals surface area contributed by atoms with Crippen LogP contribution in [0.1, 0.15) is 38.5 Å². The molecule has 1 saturated carbocycles. The molecule has 1 saturated heterocycles. The number of methoxy groups -OCH3 is 2. The van der Waals surface area contributed by atoms with Crippen LogP contribution in [0.5, 0.6) is 0 Å². The molecule has 3 rings (SSSR count). The van der Waals surface area contributed by atoms with Gasteiger partial charge in [0.15, 0.2) is 0 Å². The van der Waals surface area contributed by atoms with Crippen molar-refractivity contribution in [2.45, 2.75) is 49.7 Å². The van der Waals surface area contributed by atoms with E-state index in [0.29, 0.717) is 24.0 Å². The van der Waals surface area contributed by atoms with Gasteiger partial charge in [-0.05, 0) is 12.8 Å². The van der Waals surface area contributed by atoms with Crippen molar-refractivity contribution < 1.29 is 23.8 Å². The van der Waals surface area contributed by atoms with Crippen LogP contribution in [-0.2, 0) is 23.8 Å². The maximum Gasteiger partial charge on any atom is 0.334 e. The normalized spacial score (nSPS) is 36.1. The molecule has 0 aromatic carbocycles. The molecule has 5 heteroatoms. The highest BCUT2D eigenvalue weighted by Gasteiger charge is 2.72. The summed E-state index contributed by atoms with van der Waals surface area (Å²) >= 11 is 0.